The van der Waals surface area contributed by atoms with Crippen molar-refractivity contribution < 1.29 is 14.0 Å². The number of rotatable bonds is 6. The van der Waals surface area contributed by atoms with E-state index in [9.17, 15) is 14.0 Å². The van der Waals surface area contributed by atoms with Crippen molar-refractivity contribution in [3.63, 3.8) is 0 Å². The lowest BCUT2D eigenvalue weighted by Gasteiger charge is -2.13. The lowest BCUT2D eigenvalue weighted by molar-refractivity contribution is 0.0995. The molecule has 0 unspecified atom stereocenters. The van der Waals surface area contributed by atoms with Crippen molar-refractivity contribution in [1.82, 2.24) is 14.8 Å². The first kappa shape index (κ1) is 24.2. The van der Waals surface area contributed by atoms with E-state index in [1.807, 2.05) is 6.92 Å². The van der Waals surface area contributed by atoms with Crippen LogP contribution < -0.4 is 16.4 Å². The molecule has 35 heavy (non-hydrogen) atoms. The standard InChI is InChI=1S/C24H19Cl2FN6O2/c1-2-33-12-18(22(32-33)13-7-8-29-20(9-13)23(28)34)17-10-15(27)11-19(21(17)26)31-24(35)30-16-5-3-14(25)4-6-16/h3-12H,2H2,1H3,(H2,28,34)(H2,30,31,35). The van der Waals surface area contributed by atoms with Crippen LogP contribution in [0.25, 0.3) is 22.4 Å². The van der Waals surface area contributed by atoms with Gasteiger partial charge in [-0.2, -0.15) is 5.10 Å². The van der Waals surface area contributed by atoms with Gasteiger partial charge in [0.2, 0.25) is 0 Å². The third-order valence-electron chi connectivity index (χ3n) is 5.05. The highest BCUT2D eigenvalue weighted by molar-refractivity contribution is 6.36. The SMILES string of the molecule is CCn1cc(-c2cc(F)cc(NC(=O)Nc3ccc(Cl)cc3)c2Cl)c(-c2ccnc(C(N)=O)c2)n1. The van der Waals surface area contributed by atoms with E-state index in [0.717, 1.165) is 6.07 Å². The fraction of sp³-hybridized carbons (Fsp3) is 0.0833. The number of anilines is 2. The van der Waals surface area contributed by atoms with Crippen LogP contribution in [0.1, 0.15) is 17.4 Å². The Bertz CT molecular complexity index is 1420. The topological polar surface area (TPSA) is 115 Å². The maximum absolute atomic E-state index is 14.7. The lowest BCUT2D eigenvalue weighted by Crippen LogP contribution is -2.19. The van der Waals surface area contributed by atoms with Crippen molar-refractivity contribution in [2.24, 2.45) is 5.73 Å². The summed E-state index contributed by atoms with van der Waals surface area (Å²) >= 11 is 12.5. The van der Waals surface area contributed by atoms with Crippen LogP contribution in [0.15, 0.2) is 60.9 Å². The number of aryl methyl sites for hydroxylation is 1. The van der Waals surface area contributed by atoms with Gasteiger partial charge in [0.15, 0.2) is 0 Å². The fourth-order valence-corrected chi connectivity index (χ4v) is 3.78. The molecule has 2 aromatic carbocycles. The molecule has 0 aliphatic carbocycles. The molecule has 178 valence electrons. The molecule has 0 spiro atoms. The van der Waals surface area contributed by atoms with Gasteiger partial charge < -0.3 is 16.4 Å². The lowest BCUT2D eigenvalue weighted by atomic mass is 10.0. The summed E-state index contributed by atoms with van der Waals surface area (Å²) in [6, 6.07) is 11.4. The summed E-state index contributed by atoms with van der Waals surface area (Å²) in [5, 5.41) is 10.4. The summed E-state index contributed by atoms with van der Waals surface area (Å²) < 4.78 is 16.3. The molecule has 8 nitrogen and oxygen atoms in total. The van der Waals surface area contributed by atoms with Gasteiger partial charge in [0.1, 0.15) is 17.2 Å². The van der Waals surface area contributed by atoms with Crippen LogP contribution in [-0.2, 0) is 6.54 Å². The quantitative estimate of drug-likeness (QED) is 0.301. The molecule has 0 saturated carbocycles. The second-order valence-corrected chi connectivity index (χ2v) is 8.26. The van der Waals surface area contributed by atoms with Crippen LogP contribution in [0.3, 0.4) is 0 Å². The van der Waals surface area contributed by atoms with Crippen molar-refractivity contribution in [2.75, 3.05) is 10.6 Å². The highest BCUT2D eigenvalue weighted by Crippen LogP contribution is 2.39. The van der Waals surface area contributed by atoms with Crippen LogP contribution >= 0.6 is 23.2 Å². The van der Waals surface area contributed by atoms with E-state index in [-0.39, 0.29) is 16.4 Å². The summed E-state index contributed by atoms with van der Waals surface area (Å²) in [6.45, 7) is 2.42. The number of hydrogen-bond donors (Lipinski definition) is 3. The number of nitrogens with zero attached hydrogens (tertiary/aromatic N) is 3. The molecule has 0 radical (unpaired) electrons. The smallest absolute Gasteiger partial charge is 0.323 e. The fourth-order valence-electron chi connectivity index (χ4n) is 3.40. The van der Waals surface area contributed by atoms with Crippen molar-refractivity contribution in [1.29, 1.82) is 0 Å². The molecule has 2 aromatic heterocycles. The first-order valence-electron chi connectivity index (χ1n) is 10.4. The minimum atomic E-state index is -0.690. The van der Waals surface area contributed by atoms with E-state index in [4.69, 9.17) is 28.9 Å². The number of hydrogen-bond acceptors (Lipinski definition) is 4. The van der Waals surface area contributed by atoms with E-state index in [1.165, 1.54) is 18.3 Å². The van der Waals surface area contributed by atoms with Crippen LogP contribution in [0.4, 0.5) is 20.6 Å². The number of nitrogens with two attached hydrogens (primary N) is 1. The van der Waals surface area contributed by atoms with E-state index in [1.54, 1.807) is 41.2 Å². The van der Waals surface area contributed by atoms with Gasteiger partial charge in [0.05, 0.1) is 10.7 Å². The predicted molar refractivity (Wildman–Crippen MR) is 134 cm³/mol. The van der Waals surface area contributed by atoms with Gasteiger partial charge in [-0.1, -0.05) is 23.2 Å². The van der Waals surface area contributed by atoms with E-state index >= 15 is 0 Å². The van der Waals surface area contributed by atoms with Crippen molar-refractivity contribution >= 4 is 46.5 Å². The molecule has 4 N–H and O–H groups in total. The Hall–Kier alpha value is -3.95. The van der Waals surface area contributed by atoms with E-state index in [2.05, 4.69) is 20.7 Å². The minimum Gasteiger partial charge on any atom is -0.364 e. The Morgan fingerprint density at radius 3 is 2.49 bits per heavy atom. The number of nitrogens with one attached hydrogen (secondary N) is 2. The van der Waals surface area contributed by atoms with Crippen LogP contribution in [0, 0.1) is 5.82 Å². The molecule has 0 aliphatic rings. The first-order chi connectivity index (χ1) is 16.7. The summed E-state index contributed by atoms with van der Waals surface area (Å²) in [5.74, 6) is -1.31. The number of halogens is 3. The molecule has 0 atom stereocenters. The van der Waals surface area contributed by atoms with Gasteiger partial charge in [-0.05, 0) is 55.5 Å². The summed E-state index contributed by atoms with van der Waals surface area (Å²) in [5.41, 5.74) is 7.78. The molecular weight excluding hydrogens is 494 g/mol. The van der Waals surface area contributed by atoms with E-state index < -0.39 is 17.8 Å². The molecular formula is C24H19Cl2FN6O2. The Morgan fingerprint density at radius 2 is 1.80 bits per heavy atom. The average Bonchev–Trinajstić information content (AvgIpc) is 3.27. The van der Waals surface area contributed by atoms with Crippen molar-refractivity contribution in [3.8, 4) is 22.4 Å². The Balaban J connectivity index is 1.72. The molecule has 0 aliphatic heterocycles. The number of aromatic nitrogens is 3. The Kier molecular flexibility index (Phi) is 6.99. The zero-order valence-corrected chi connectivity index (χ0v) is 19.9. The molecule has 11 heteroatoms. The molecule has 0 fully saturated rings. The zero-order chi connectivity index (χ0) is 25.1. The Labute approximate surface area is 209 Å². The van der Waals surface area contributed by atoms with Crippen molar-refractivity contribution in [3.05, 3.63) is 82.5 Å². The van der Waals surface area contributed by atoms with Gasteiger partial charge in [0.25, 0.3) is 5.91 Å². The van der Waals surface area contributed by atoms with Gasteiger partial charge in [-0.15, -0.1) is 0 Å². The number of urea groups is 1. The molecule has 4 rings (SSSR count). The van der Waals surface area contributed by atoms with Gasteiger partial charge in [-0.25, -0.2) is 9.18 Å². The first-order valence-corrected chi connectivity index (χ1v) is 11.2. The largest absolute Gasteiger partial charge is 0.364 e. The number of primary amides is 1. The molecule has 0 saturated heterocycles. The number of carbonyl (C=O) groups is 2. The predicted octanol–water partition coefficient (Wildman–Crippen LogP) is 5.82. The molecule has 4 aromatic rings. The number of pyridine rings is 1. The Morgan fingerprint density at radius 1 is 1.06 bits per heavy atom. The van der Waals surface area contributed by atoms with Crippen LogP contribution in [0.5, 0.6) is 0 Å². The highest BCUT2D eigenvalue weighted by atomic mass is 35.5. The number of benzene rings is 2. The maximum Gasteiger partial charge on any atom is 0.323 e. The monoisotopic (exact) mass is 512 g/mol. The summed E-state index contributed by atoms with van der Waals surface area (Å²) in [4.78, 5) is 28.1. The molecule has 2 heterocycles. The van der Waals surface area contributed by atoms with Crippen LogP contribution in [0.2, 0.25) is 10.0 Å². The molecule has 3 amide bonds. The third kappa shape index (κ3) is 5.42. The van der Waals surface area contributed by atoms with Crippen molar-refractivity contribution in [2.45, 2.75) is 13.5 Å². The van der Waals surface area contributed by atoms with Gasteiger partial charge >= 0.3 is 6.03 Å². The average molecular weight is 513 g/mol. The number of carbonyl (C=O) groups excluding carboxylic acids is 2. The minimum absolute atomic E-state index is 0.0612. The normalized spacial score (nSPS) is 10.7. The number of amides is 3. The second-order valence-electron chi connectivity index (χ2n) is 7.44. The van der Waals surface area contributed by atoms with Crippen LogP contribution in [-0.4, -0.2) is 26.7 Å². The molecule has 0 bridgehead atoms. The summed E-state index contributed by atoms with van der Waals surface area (Å²) in [6.07, 6.45) is 3.14. The van der Waals surface area contributed by atoms with Gasteiger partial charge in [-0.3, -0.25) is 14.5 Å². The zero-order valence-electron chi connectivity index (χ0n) is 18.3. The second kappa shape index (κ2) is 10.1. The third-order valence-corrected chi connectivity index (χ3v) is 5.71. The van der Waals surface area contributed by atoms with Gasteiger partial charge in [0, 0.05) is 46.3 Å². The van der Waals surface area contributed by atoms with E-state index in [0.29, 0.717) is 39.6 Å². The maximum atomic E-state index is 14.7. The highest BCUT2D eigenvalue weighted by Gasteiger charge is 2.20. The summed E-state index contributed by atoms with van der Waals surface area (Å²) in [7, 11) is 0.